The zero-order chi connectivity index (χ0) is 15.5. The molecular formula is C19H30N2O. The van der Waals surface area contributed by atoms with Crippen LogP contribution in [0.1, 0.15) is 45.6 Å². The summed E-state index contributed by atoms with van der Waals surface area (Å²) in [4.78, 5) is 2.66. The summed E-state index contributed by atoms with van der Waals surface area (Å²) in [6, 6.07) is 7.28. The first-order valence-corrected chi connectivity index (χ1v) is 8.93. The van der Waals surface area contributed by atoms with E-state index in [9.17, 15) is 0 Å². The molecule has 0 radical (unpaired) electrons. The SMILES string of the molecule is CCC1CNc2cc(CC(C)N3CCCC(C)C3)ccc2O1. The van der Waals surface area contributed by atoms with Gasteiger partial charge in [0.2, 0.25) is 0 Å². The minimum absolute atomic E-state index is 0.312. The molecule has 3 heteroatoms. The lowest BCUT2D eigenvalue weighted by Crippen LogP contribution is -2.41. The predicted octanol–water partition coefficient (Wildman–Crippen LogP) is 3.93. The minimum atomic E-state index is 0.312. The van der Waals surface area contributed by atoms with Crippen LogP contribution in [-0.4, -0.2) is 36.7 Å². The van der Waals surface area contributed by atoms with E-state index in [0.717, 1.165) is 31.1 Å². The van der Waals surface area contributed by atoms with Crippen molar-refractivity contribution in [3.8, 4) is 5.75 Å². The predicted molar refractivity (Wildman–Crippen MR) is 92.8 cm³/mol. The van der Waals surface area contributed by atoms with E-state index in [-0.39, 0.29) is 0 Å². The van der Waals surface area contributed by atoms with Crippen molar-refractivity contribution in [3.05, 3.63) is 23.8 Å². The van der Waals surface area contributed by atoms with Crippen LogP contribution in [0.5, 0.6) is 5.75 Å². The van der Waals surface area contributed by atoms with Gasteiger partial charge in [0.05, 0.1) is 12.2 Å². The second kappa shape index (κ2) is 6.91. The lowest BCUT2D eigenvalue weighted by molar-refractivity contribution is 0.138. The maximum Gasteiger partial charge on any atom is 0.142 e. The molecule has 3 rings (SSSR count). The molecule has 0 amide bonds. The van der Waals surface area contributed by atoms with E-state index in [2.05, 4.69) is 49.2 Å². The third-order valence-electron chi connectivity index (χ3n) is 5.16. The Kier molecular flexibility index (Phi) is 4.92. The molecule has 2 aliphatic rings. The van der Waals surface area contributed by atoms with Gasteiger partial charge in [0.15, 0.2) is 0 Å². The van der Waals surface area contributed by atoms with Crippen LogP contribution in [0.25, 0.3) is 0 Å². The van der Waals surface area contributed by atoms with Gasteiger partial charge in [-0.15, -0.1) is 0 Å². The van der Waals surface area contributed by atoms with Gasteiger partial charge in [0, 0.05) is 12.6 Å². The van der Waals surface area contributed by atoms with Crippen molar-refractivity contribution in [2.24, 2.45) is 5.92 Å². The van der Waals surface area contributed by atoms with E-state index in [1.165, 1.54) is 37.2 Å². The summed E-state index contributed by atoms with van der Waals surface area (Å²) in [5, 5.41) is 3.53. The van der Waals surface area contributed by atoms with Gasteiger partial charge in [-0.2, -0.15) is 0 Å². The molecule has 22 heavy (non-hydrogen) atoms. The average molecular weight is 302 g/mol. The first-order valence-electron chi connectivity index (χ1n) is 8.93. The first-order chi connectivity index (χ1) is 10.7. The number of rotatable bonds is 4. The summed E-state index contributed by atoms with van der Waals surface area (Å²) in [7, 11) is 0. The van der Waals surface area contributed by atoms with Crippen LogP contribution in [0.3, 0.4) is 0 Å². The monoisotopic (exact) mass is 302 g/mol. The van der Waals surface area contributed by atoms with E-state index in [4.69, 9.17) is 4.74 Å². The minimum Gasteiger partial charge on any atom is -0.486 e. The number of anilines is 1. The van der Waals surface area contributed by atoms with Gasteiger partial charge < -0.3 is 15.0 Å². The Bertz CT molecular complexity index is 502. The zero-order valence-corrected chi connectivity index (χ0v) is 14.3. The third kappa shape index (κ3) is 3.57. The zero-order valence-electron chi connectivity index (χ0n) is 14.3. The van der Waals surface area contributed by atoms with Crippen LogP contribution in [0, 0.1) is 5.92 Å². The maximum atomic E-state index is 6.00. The van der Waals surface area contributed by atoms with Crippen molar-refractivity contribution >= 4 is 5.69 Å². The number of ether oxygens (including phenoxy) is 1. The van der Waals surface area contributed by atoms with Crippen molar-refractivity contribution in [2.45, 2.75) is 58.6 Å². The van der Waals surface area contributed by atoms with Gasteiger partial charge in [0.1, 0.15) is 11.9 Å². The summed E-state index contributed by atoms with van der Waals surface area (Å²) in [6.07, 6.45) is 5.23. The molecule has 3 nitrogen and oxygen atoms in total. The molecule has 0 bridgehead atoms. The van der Waals surface area contributed by atoms with E-state index in [1.54, 1.807) is 0 Å². The van der Waals surface area contributed by atoms with Gasteiger partial charge in [-0.3, -0.25) is 0 Å². The fourth-order valence-corrected chi connectivity index (χ4v) is 3.71. The number of piperidine rings is 1. The molecule has 1 fully saturated rings. The molecule has 0 saturated carbocycles. The Morgan fingerprint density at radius 1 is 1.41 bits per heavy atom. The number of nitrogens with one attached hydrogen (secondary N) is 1. The van der Waals surface area contributed by atoms with Gasteiger partial charge in [-0.05, 0) is 62.8 Å². The Hall–Kier alpha value is -1.22. The molecule has 122 valence electrons. The van der Waals surface area contributed by atoms with Crippen LogP contribution in [-0.2, 0) is 6.42 Å². The molecule has 1 N–H and O–H groups in total. The average Bonchev–Trinajstić information content (AvgIpc) is 2.54. The number of likely N-dealkylation sites (tertiary alicyclic amines) is 1. The molecule has 2 aliphatic heterocycles. The molecule has 0 aliphatic carbocycles. The van der Waals surface area contributed by atoms with Gasteiger partial charge >= 0.3 is 0 Å². The molecule has 3 unspecified atom stereocenters. The molecule has 0 spiro atoms. The summed E-state index contributed by atoms with van der Waals surface area (Å²) < 4.78 is 6.00. The van der Waals surface area contributed by atoms with Crippen LogP contribution >= 0.6 is 0 Å². The van der Waals surface area contributed by atoms with Crippen LogP contribution in [0.4, 0.5) is 5.69 Å². The first kappa shape index (κ1) is 15.7. The highest BCUT2D eigenvalue weighted by molar-refractivity contribution is 5.59. The van der Waals surface area contributed by atoms with Crippen LogP contribution in [0.15, 0.2) is 18.2 Å². The Morgan fingerprint density at radius 3 is 3.05 bits per heavy atom. The number of hydrogen-bond donors (Lipinski definition) is 1. The van der Waals surface area contributed by atoms with Crippen molar-refractivity contribution < 1.29 is 4.74 Å². The van der Waals surface area contributed by atoms with Gasteiger partial charge in [-0.1, -0.05) is 19.9 Å². The van der Waals surface area contributed by atoms with Crippen molar-refractivity contribution in [1.29, 1.82) is 0 Å². The molecule has 0 aromatic heterocycles. The number of hydrogen-bond acceptors (Lipinski definition) is 3. The number of benzene rings is 1. The highest BCUT2D eigenvalue weighted by atomic mass is 16.5. The van der Waals surface area contributed by atoms with Crippen molar-refractivity contribution in [3.63, 3.8) is 0 Å². The van der Waals surface area contributed by atoms with E-state index >= 15 is 0 Å². The Labute approximate surface area is 135 Å². The maximum absolute atomic E-state index is 6.00. The van der Waals surface area contributed by atoms with Crippen molar-refractivity contribution in [2.75, 3.05) is 25.0 Å². The second-order valence-electron chi connectivity index (χ2n) is 7.16. The Balaban J connectivity index is 1.63. The largest absolute Gasteiger partial charge is 0.486 e. The summed E-state index contributed by atoms with van der Waals surface area (Å²) in [5.74, 6) is 1.86. The summed E-state index contributed by atoms with van der Waals surface area (Å²) in [6.45, 7) is 10.4. The summed E-state index contributed by atoms with van der Waals surface area (Å²) >= 11 is 0. The molecular weight excluding hydrogens is 272 g/mol. The lowest BCUT2D eigenvalue weighted by atomic mass is 9.97. The topological polar surface area (TPSA) is 24.5 Å². The Morgan fingerprint density at radius 2 is 2.27 bits per heavy atom. The quantitative estimate of drug-likeness (QED) is 0.912. The van der Waals surface area contributed by atoms with E-state index < -0.39 is 0 Å². The standard InChI is InChI=1S/C19H30N2O/c1-4-17-12-20-18-11-16(7-8-19(18)22-17)10-15(3)21-9-5-6-14(2)13-21/h7-8,11,14-15,17,20H,4-6,9-10,12-13H2,1-3H3. The number of nitrogens with zero attached hydrogens (tertiary/aromatic N) is 1. The highest BCUT2D eigenvalue weighted by Crippen LogP contribution is 2.31. The van der Waals surface area contributed by atoms with Gasteiger partial charge in [0.25, 0.3) is 0 Å². The van der Waals surface area contributed by atoms with E-state index in [0.29, 0.717) is 12.1 Å². The molecule has 1 aromatic rings. The number of fused-ring (bicyclic) bond motifs is 1. The fraction of sp³-hybridized carbons (Fsp3) is 0.684. The van der Waals surface area contributed by atoms with E-state index in [1.807, 2.05) is 0 Å². The second-order valence-corrected chi connectivity index (χ2v) is 7.16. The lowest BCUT2D eigenvalue weighted by Gasteiger charge is -2.36. The fourth-order valence-electron chi connectivity index (χ4n) is 3.71. The van der Waals surface area contributed by atoms with Crippen LogP contribution < -0.4 is 10.1 Å². The molecule has 2 heterocycles. The smallest absolute Gasteiger partial charge is 0.142 e. The summed E-state index contributed by atoms with van der Waals surface area (Å²) in [5.41, 5.74) is 2.58. The molecule has 1 aromatic carbocycles. The van der Waals surface area contributed by atoms with Crippen LogP contribution in [0.2, 0.25) is 0 Å². The van der Waals surface area contributed by atoms with Crippen molar-refractivity contribution in [1.82, 2.24) is 4.90 Å². The molecule has 3 atom stereocenters. The van der Waals surface area contributed by atoms with Gasteiger partial charge in [-0.25, -0.2) is 0 Å². The normalized spacial score (nSPS) is 26.7. The highest BCUT2D eigenvalue weighted by Gasteiger charge is 2.22. The molecule has 1 saturated heterocycles. The third-order valence-corrected chi connectivity index (χ3v) is 5.16.